The van der Waals surface area contributed by atoms with Crippen LogP contribution in [-0.4, -0.2) is 25.7 Å². The minimum Gasteiger partial charge on any atom is -0.465 e. The number of hydrogen-bond donors (Lipinski definition) is 1. The van der Waals surface area contributed by atoms with Gasteiger partial charge in [0.15, 0.2) is 0 Å². The molecule has 0 aromatic rings. The van der Waals surface area contributed by atoms with Gasteiger partial charge in [0.2, 0.25) is 0 Å². The average molecular weight is 199 g/mol. The van der Waals surface area contributed by atoms with Crippen molar-refractivity contribution in [1.82, 2.24) is 5.32 Å². The van der Waals surface area contributed by atoms with Gasteiger partial charge in [-0.2, -0.15) is 0 Å². The Hall–Kier alpha value is -0.570. The zero-order chi connectivity index (χ0) is 10.4. The Morgan fingerprint density at radius 1 is 1.57 bits per heavy atom. The van der Waals surface area contributed by atoms with Gasteiger partial charge in [-0.1, -0.05) is 13.8 Å². The molecule has 0 unspecified atom stereocenters. The van der Waals surface area contributed by atoms with Crippen molar-refractivity contribution >= 4 is 5.97 Å². The van der Waals surface area contributed by atoms with Gasteiger partial charge < -0.3 is 10.1 Å². The summed E-state index contributed by atoms with van der Waals surface area (Å²) in [5.41, 5.74) is 0. The van der Waals surface area contributed by atoms with E-state index in [1.807, 2.05) is 13.8 Å². The zero-order valence-electron chi connectivity index (χ0n) is 9.21. The average Bonchev–Trinajstić information content (AvgIpc) is 2.19. The van der Waals surface area contributed by atoms with Crippen molar-refractivity contribution in [2.24, 2.45) is 11.8 Å². The highest BCUT2D eigenvalue weighted by atomic mass is 16.5. The summed E-state index contributed by atoms with van der Waals surface area (Å²) in [6.45, 7) is 6.54. The molecule has 0 radical (unpaired) electrons. The van der Waals surface area contributed by atoms with Crippen LogP contribution in [0.1, 0.15) is 33.1 Å². The standard InChI is InChI=1S/C11H21NO2/c1-9(2)11(13)14-7-5-10-4-3-6-12-8-10/h9-10,12H,3-8H2,1-2H3/t10-/m1/s1. The fraction of sp³-hybridized carbons (Fsp3) is 0.909. The van der Waals surface area contributed by atoms with Crippen LogP contribution in [0.5, 0.6) is 0 Å². The number of hydrogen-bond acceptors (Lipinski definition) is 3. The number of ether oxygens (including phenoxy) is 1. The summed E-state index contributed by atoms with van der Waals surface area (Å²) in [5, 5.41) is 3.36. The van der Waals surface area contributed by atoms with Gasteiger partial charge in [-0.3, -0.25) is 4.79 Å². The number of nitrogens with one attached hydrogen (secondary N) is 1. The van der Waals surface area contributed by atoms with Gasteiger partial charge >= 0.3 is 5.97 Å². The lowest BCUT2D eigenvalue weighted by molar-refractivity contribution is -0.147. The van der Waals surface area contributed by atoms with Crippen molar-refractivity contribution in [3.05, 3.63) is 0 Å². The Morgan fingerprint density at radius 3 is 2.93 bits per heavy atom. The predicted octanol–water partition coefficient (Wildman–Crippen LogP) is 1.58. The summed E-state index contributed by atoms with van der Waals surface area (Å²) in [7, 11) is 0. The molecule has 0 aliphatic carbocycles. The molecule has 1 saturated heterocycles. The van der Waals surface area contributed by atoms with E-state index in [-0.39, 0.29) is 11.9 Å². The van der Waals surface area contributed by atoms with Gasteiger partial charge in [0.05, 0.1) is 12.5 Å². The van der Waals surface area contributed by atoms with Crippen molar-refractivity contribution in [2.45, 2.75) is 33.1 Å². The first-order valence-electron chi connectivity index (χ1n) is 5.57. The van der Waals surface area contributed by atoms with Crippen LogP contribution in [0.15, 0.2) is 0 Å². The first-order valence-corrected chi connectivity index (χ1v) is 5.57. The fourth-order valence-electron chi connectivity index (χ4n) is 1.66. The number of carbonyl (C=O) groups is 1. The quantitative estimate of drug-likeness (QED) is 0.698. The lowest BCUT2D eigenvalue weighted by Crippen LogP contribution is -2.30. The van der Waals surface area contributed by atoms with Gasteiger partial charge in [0.1, 0.15) is 0 Å². The van der Waals surface area contributed by atoms with Gasteiger partial charge in [-0.25, -0.2) is 0 Å². The van der Waals surface area contributed by atoms with E-state index in [9.17, 15) is 4.79 Å². The van der Waals surface area contributed by atoms with Crippen LogP contribution in [0.2, 0.25) is 0 Å². The largest absolute Gasteiger partial charge is 0.465 e. The van der Waals surface area contributed by atoms with Gasteiger partial charge in [0, 0.05) is 0 Å². The van der Waals surface area contributed by atoms with Crippen LogP contribution < -0.4 is 5.32 Å². The summed E-state index contributed by atoms with van der Waals surface area (Å²) in [6.07, 6.45) is 3.53. The second-order valence-electron chi connectivity index (χ2n) is 4.32. The maximum Gasteiger partial charge on any atom is 0.308 e. The van der Waals surface area contributed by atoms with E-state index in [0.717, 1.165) is 19.5 Å². The highest BCUT2D eigenvalue weighted by molar-refractivity contribution is 5.71. The Bertz CT molecular complexity index is 174. The van der Waals surface area contributed by atoms with Crippen LogP contribution in [-0.2, 0) is 9.53 Å². The Kier molecular flexibility index (Phi) is 4.94. The molecule has 1 aliphatic heterocycles. The second-order valence-corrected chi connectivity index (χ2v) is 4.32. The smallest absolute Gasteiger partial charge is 0.308 e. The third-order valence-corrected chi connectivity index (χ3v) is 2.64. The molecular weight excluding hydrogens is 178 g/mol. The molecule has 0 amide bonds. The van der Waals surface area contributed by atoms with Crippen LogP contribution in [0, 0.1) is 11.8 Å². The summed E-state index contributed by atoms with van der Waals surface area (Å²) in [5.74, 6) is 0.622. The lowest BCUT2D eigenvalue weighted by atomic mass is 9.97. The molecule has 1 rings (SSSR count). The van der Waals surface area contributed by atoms with E-state index in [1.54, 1.807) is 0 Å². The van der Waals surface area contributed by atoms with Crippen molar-refractivity contribution in [1.29, 1.82) is 0 Å². The third-order valence-electron chi connectivity index (χ3n) is 2.64. The molecule has 3 heteroatoms. The van der Waals surface area contributed by atoms with E-state index in [0.29, 0.717) is 12.5 Å². The molecule has 1 aliphatic rings. The van der Waals surface area contributed by atoms with Crippen molar-refractivity contribution in [2.75, 3.05) is 19.7 Å². The van der Waals surface area contributed by atoms with Crippen molar-refractivity contribution < 1.29 is 9.53 Å². The van der Waals surface area contributed by atoms with Gasteiger partial charge in [-0.15, -0.1) is 0 Å². The molecule has 1 atom stereocenters. The SMILES string of the molecule is CC(C)C(=O)OCC[C@H]1CCCNC1. The van der Waals surface area contributed by atoms with Crippen molar-refractivity contribution in [3.63, 3.8) is 0 Å². The monoisotopic (exact) mass is 199 g/mol. The van der Waals surface area contributed by atoms with Crippen LogP contribution in [0.3, 0.4) is 0 Å². The molecule has 1 fully saturated rings. The fourth-order valence-corrected chi connectivity index (χ4v) is 1.66. The van der Waals surface area contributed by atoms with E-state index in [4.69, 9.17) is 4.74 Å². The Morgan fingerprint density at radius 2 is 2.36 bits per heavy atom. The van der Waals surface area contributed by atoms with Gasteiger partial charge in [0.25, 0.3) is 0 Å². The Balaban J connectivity index is 2.05. The van der Waals surface area contributed by atoms with Gasteiger partial charge in [-0.05, 0) is 38.3 Å². The van der Waals surface area contributed by atoms with Crippen LogP contribution in [0.25, 0.3) is 0 Å². The van der Waals surface area contributed by atoms with Crippen LogP contribution in [0.4, 0.5) is 0 Å². The normalized spacial score (nSPS) is 22.4. The summed E-state index contributed by atoms with van der Waals surface area (Å²) < 4.78 is 5.14. The second kappa shape index (κ2) is 6.02. The zero-order valence-corrected chi connectivity index (χ0v) is 9.21. The van der Waals surface area contributed by atoms with Crippen molar-refractivity contribution in [3.8, 4) is 0 Å². The molecule has 0 aromatic heterocycles. The van der Waals surface area contributed by atoms with E-state index in [1.165, 1.54) is 12.8 Å². The topological polar surface area (TPSA) is 38.3 Å². The molecule has 82 valence electrons. The highest BCUT2D eigenvalue weighted by Gasteiger charge is 2.14. The summed E-state index contributed by atoms with van der Waals surface area (Å²) in [6, 6.07) is 0. The summed E-state index contributed by atoms with van der Waals surface area (Å²) in [4.78, 5) is 11.1. The number of esters is 1. The number of carbonyl (C=O) groups excluding carboxylic acids is 1. The van der Waals surface area contributed by atoms with E-state index in [2.05, 4.69) is 5.32 Å². The molecule has 14 heavy (non-hydrogen) atoms. The molecular formula is C11H21NO2. The van der Waals surface area contributed by atoms with Crippen LogP contribution >= 0.6 is 0 Å². The molecule has 0 bridgehead atoms. The molecule has 0 saturated carbocycles. The maximum absolute atomic E-state index is 11.1. The molecule has 3 nitrogen and oxygen atoms in total. The molecule has 0 aromatic carbocycles. The Labute approximate surface area is 86.2 Å². The first kappa shape index (κ1) is 11.5. The minimum atomic E-state index is -0.0752. The number of piperidine rings is 1. The molecule has 1 heterocycles. The number of rotatable bonds is 4. The predicted molar refractivity (Wildman–Crippen MR) is 56.0 cm³/mol. The first-order chi connectivity index (χ1) is 6.70. The molecule has 0 spiro atoms. The summed E-state index contributed by atoms with van der Waals surface area (Å²) >= 11 is 0. The third kappa shape index (κ3) is 4.09. The van der Waals surface area contributed by atoms with E-state index < -0.39 is 0 Å². The minimum absolute atomic E-state index is 0.000481. The van der Waals surface area contributed by atoms with E-state index >= 15 is 0 Å². The highest BCUT2D eigenvalue weighted by Crippen LogP contribution is 2.13. The lowest BCUT2D eigenvalue weighted by Gasteiger charge is -2.22. The molecule has 1 N–H and O–H groups in total. The maximum atomic E-state index is 11.1.